The Kier molecular flexibility index (Phi) is 8.72. The predicted molar refractivity (Wildman–Crippen MR) is 150 cm³/mol. The van der Waals surface area contributed by atoms with E-state index in [2.05, 4.69) is 11.4 Å². The van der Waals surface area contributed by atoms with Crippen molar-refractivity contribution >= 4 is 17.7 Å². The lowest BCUT2D eigenvalue weighted by molar-refractivity contribution is -0.143. The molecule has 3 amide bonds. The first kappa shape index (κ1) is 28.1. The molecule has 7 nitrogen and oxygen atoms in total. The Bertz CT molecular complexity index is 1210. The predicted octanol–water partition coefficient (Wildman–Crippen LogP) is 4.14. The Balaban J connectivity index is 1.16. The van der Waals surface area contributed by atoms with Crippen LogP contribution in [0.4, 0.5) is 4.39 Å². The van der Waals surface area contributed by atoms with Gasteiger partial charge >= 0.3 is 0 Å². The standard InChI is InChI=1S/C32H40FN3O4/c1-23-22-40-28-8-3-2-6-25(28)7-4-5-14-32(31(39)34-23)15-18-35(19-16-32)30(38)26-20-29(37)36(21-26)17-13-24-9-11-27(33)12-10-24/h2-3,6,8-12,23,26H,4-5,7,13-22H2,1H3,(H,34,39)/t23-,26?/m0/s1. The average Bonchev–Trinajstić information content (AvgIpc) is 3.34. The van der Waals surface area contributed by atoms with Gasteiger partial charge in [-0.1, -0.05) is 36.8 Å². The van der Waals surface area contributed by atoms with Crippen LogP contribution in [-0.2, 0) is 27.2 Å². The van der Waals surface area contributed by atoms with Gasteiger partial charge in [-0.3, -0.25) is 14.4 Å². The highest BCUT2D eigenvalue weighted by atomic mass is 19.1. The number of aryl methyl sites for hydroxylation is 1. The van der Waals surface area contributed by atoms with Gasteiger partial charge in [0.15, 0.2) is 0 Å². The highest BCUT2D eigenvalue weighted by molar-refractivity contribution is 5.89. The minimum atomic E-state index is -0.490. The maximum Gasteiger partial charge on any atom is 0.227 e. The van der Waals surface area contributed by atoms with Crippen molar-refractivity contribution in [1.29, 1.82) is 0 Å². The molecular formula is C32H40FN3O4. The fourth-order valence-electron chi connectivity index (χ4n) is 6.34. The molecule has 0 bridgehead atoms. The highest BCUT2D eigenvalue weighted by Crippen LogP contribution is 2.38. The Morgan fingerprint density at radius 2 is 1.80 bits per heavy atom. The zero-order valence-corrected chi connectivity index (χ0v) is 23.4. The summed E-state index contributed by atoms with van der Waals surface area (Å²) in [5, 5.41) is 3.19. The number of rotatable bonds is 4. The van der Waals surface area contributed by atoms with Crippen LogP contribution in [0.3, 0.4) is 0 Å². The lowest BCUT2D eigenvalue weighted by Crippen LogP contribution is -2.53. The second kappa shape index (κ2) is 12.4. The molecule has 2 fully saturated rings. The molecule has 2 atom stereocenters. The summed E-state index contributed by atoms with van der Waals surface area (Å²) in [4.78, 5) is 43.2. The van der Waals surface area contributed by atoms with Crippen molar-refractivity contribution in [3.8, 4) is 5.75 Å². The third kappa shape index (κ3) is 6.48. The molecule has 2 aromatic rings. The lowest BCUT2D eigenvalue weighted by atomic mass is 9.73. The Hall–Kier alpha value is -3.42. The molecule has 2 aromatic carbocycles. The summed E-state index contributed by atoms with van der Waals surface area (Å²) in [6, 6.07) is 14.3. The van der Waals surface area contributed by atoms with Crippen LogP contribution in [0.5, 0.6) is 5.75 Å². The van der Waals surface area contributed by atoms with Crippen LogP contribution < -0.4 is 10.1 Å². The summed E-state index contributed by atoms with van der Waals surface area (Å²) in [5.74, 6) is 0.331. The third-order valence-electron chi connectivity index (χ3n) is 8.85. The minimum absolute atomic E-state index is 0.00887. The second-order valence-corrected chi connectivity index (χ2v) is 11.7. The van der Waals surface area contributed by atoms with Gasteiger partial charge in [0, 0.05) is 32.6 Å². The number of hydrogen-bond acceptors (Lipinski definition) is 4. The normalized spacial score (nSPS) is 23.6. The number of halogens is 1. The monoisotopic (exact) mass is 549 g/mol. The van der Waals surface area contributed by atoms with Crippen LogP contribution in [0.2, 0.25) is 0 Å². The first-order valence-electron chi connectivity index (χ1n) is 14.7. The van der Waals surface area contributed by atoms with Crippen molar-refractivity contribution in [3.05, 3.63) is 65.5 Å². The van der Waals surface area contributed by atoms with Crippen LogP contribution in [0.15, 0.2) is 48.5 Å². The molecule has 0 aliphatic carbocycles. The molecule has 3 heterocycles. The number of nitrogens with one attached hydrogen (secondary N) is 1. The number of para-hydroxylation sites is 1. The summed E-state index contributed by atoms with van der Waals surface area (Å²) in [5.41, 5.74) is 1.68. The van der Waals surface area contributed by atoms with E-state index in [1.54, 1.807) is 17.0 Å². The third-order valence-corrected chi connectivity index (χ3v) is 8.85. The molecule has 0 radical (unpaired) electrons. The number of fused-ring (bicyclic) bond motifs is 1. The van der Waals surface area contributed by atoms with Gasteiger partial charge in [-0.05, 0) is 74.8 Å². The van der Waals surface area contributed by atoms with Gasteiger partial charge in [0.05, 0.1) is 17.4 Å². The van der Waals surface area contributed by atoms with Crippen molar-refractivity contribution in [2.24, 2.45) is 11.3 Å². The van der Waals surface area contributed by atoms with Crippen molar-refractivity contribution < 1.29 is 23.5 Å². The summed E-state index contributed by atoms with van der Waals surface area (Å²) in [6.07, 6.45) is 5.74. The molecule has 5 rings (SSSR count). The second-order valence-electron chi connectivity index (χ2n) is 11.7. The van der Waals surface area contributed by atoms with Crippen LogP contribution in [-0.4, -0.2) is 66.3 Å². The van der Waals surface area contributed by atoms with E-state index < -0.39 is 5.41 Å². The summed E-state index contributed by atoms with van der Waals surface area (Å²) in [6.45, 7) is 4.37. The molecule has 40 heavy (non-hydrogen) atoms. The van der Waals surface area contributed by atoms with Crippen LogP contribution in [0.1, 0.15) is 56.6 Å². The van der Waals surface area contributed by atoms with Gasteiger partial charge in [0.1, 0.15) is 18.2 Å². The van der Waals surface area contributed by atoms with Gasteiger partial charge in [-0.25, -0.2) is 4.39 Å². The zero-order valence-electron chi connectivity index (χ0n) is 23.4. The van der Waals surface area contributed by atoms with E-state index in [0.717, 1.165) is 37.0 Å². The van der Waals surface area contributed by atoms with Gasteiger partial charge in [0.25, 0.3) is 0 Å². The first-order chi connectivity index (χ1) is 19.3. The van der Waals surface area contributed by atoms with E-state index in [1.165, 1.54) is 17.7 Å². The van der Waals surface area contributed by atoms with Gasteiger partial charge in [-0.15, -0.1) is 0 Å². The first-order valence-corrected chi connectivity index (χ1v) is 14.7. The molecule has 3 aliphatic rings. The van der Waals surface area contributed by atoms with E-state index in [4.69, 9.17) is 4.74 Å². The Morgan fingerprint density at radius 1 is 1.05 bits per heavy atom. The molecule has 1 N–H and O–H groups in total. The number of likely N-dealkylation sites (tertiary alicyclic amines) is 2. The molecule has 0 aromatic heterocycles. The van der Waals surface area contributed by atoms with Crippen LogP contribution >= 0.6 is 0 Å². The summed E-state index contributed by atoms with van der Waals surface area (Å²) >= 11 is 0. The van der Waals surface area contributed by atoms with Crippen molar-refractivity contribution in [1.82, 2.24) is 15.1 Å². The molecule has 1 spiro atoms. The fourth-order valence-corrected chi connectivity index (χ4v) is 6.34. The maximum absolute atomic E-state index is 13.5. The molecule has 1 unspecified atom stereocenters. The van der Waals surface area contributed by atoms with E-state index in [9.17, 15) is 18.8 Å². The highest BCUT2D eigenvalue weighted by Gasteiger charge is 2.44. The van der Waals surface area contributed by atoms with Crippen LogP contribution in [0.25, 0.3) is 0 Å². The summed E-state index contributed by atoms with van der Waals surface area (Å²) in [7, 11) is 0. The molecular weight excluding hydrogens is 509 g/mol. The minimum Gasteiger partial charge on any atom is -0.491 e. The molecule has 3 aliphatic heterocycles. The van der Waals surface area contributed by atoms with E-state index in [-0.39, 0.29) is 41.9 Å². The van der Waals surface area contributed by atoms with E-state index in [0.29, 0.717) is 52.0 Å². The van der Waals surface area contributed by atoms with E-state index >= 15 is 0 Å². The van der Waals surface area contributed by atoms with Crippen LogP contribution in [0, 0.1) is 17.2 Å². The Morgan fingerprint density at radius 3 is 2.58 bits per heavy atom. The van der Waals surface area contributed by atoms with Gasteiger partial charge in [0.2, 0.25) is 17.7 Å². The SMILES string of the molecule is C[C@H]1COc2ccccc2CCCCC2(CCN(C(=O)C3CC(=O)N(CCc4ccc(F)cc4)C3)CC2)C(=O)N1. The number of amides is 3. The number of benzene rings is 2. The van der Waals surface area contributed by atoms with Gasteiger partial charge < -0.3 is 19.9 Å². The fraction of sp³-hybridized carbons (Fsp3) is 0.531. The number of carbonyl (C=O) groups is 3. The molecule has 2 saturated heterocycles. The van der Waals surface area contributed by atoms with Gasteiger partial charge in [-0.2, -0.15) is 0 Å². The topological polar surface area (TPSA) is 79.0 Å². The Labute approximate surface area is 236 Å². The number of nitrogens with zero attached hydrogens (tertiary/aromatic N) is 2. The summed E-state index contributed by atoms with van der Waals surface area (Å²) < 4.78 is 19.2. The lowest BCUT2D eigenvalue weighted by Gasteiger charge is -2.42. The van der Waals surface area contributed by atoms with Crippen molar-refractivity contribution in [2.45, 2.75) is 64.3 Å². The number of carbonyl (C=O) groups excluding carboxylic acids is 3. The molecule has 8 heteroatoms. The number of piperidine rings is 1. The average molecular weight is 550 g/mol. The smallest absolute Gasteiger partial charge is 0.227 e. The molecule has 214 valence electrons. The van der Waals surface area contributed by atoms with Crippen molar-refractivity contribution in [3.63, 3.8) is 0 Å². The maximum atomic E-state index is 13.5. The zero-order chi connectivity index (χ0) is 28.1. The largest absolute Gasteiger partial charge is 0.491 e. The molecule has 0 saturated carbocycles. The number of ether oxygens (including phenoxy) is 1. The van der Waals surface area contributed by atoms with Crippen molar-refractivity contribution in [2.75, 3.05) is 32.8 Å². The number of hydrogen-bond donors (Lipinski definition) is 1. The van der Waals surface area contributed by atoms with E-state index in [1.807, 2.05) is 30.0 Å². The quantitative estimate of drug-likeness (QED) is 0.622.